The van der Waals surface area contributed by atoms with Gasteiger partial charge in [0.2, 0.25) is 0 Å². The first-order chi connectivity index (χ1) is 2.77. The van der Waals surface area contributed by atoms with Crippen molar-refractivity contribution in [1.29, 1.82) is 0 Å². The minimum atomic E-state index is -1.03. The summed E-state index contributed by atoms with van der Waals surface area (Å²) in [5, 5.41) is 9.75. The van der Waals surface area contributed by atoms with Crippen LogP contribution in [-0.4, -0.2) is 12.0 Å². The molecule has 0 heterocycles. The van der Waals surface area contributed by atoms with Gasteiger partial charge in [-0.05, 0) is 6.92 Å². The molecule has 0 aromatic heterocycles. The number of hydrogen-bond acceptors (Lipinski definition) is 2. The van der Waals surface area contributed by atoms with Gasteiger partial charge < -0.3 is 5.11 Å². The summed E-state index contributed by atoms with van der Waals surface area (Å²) in [5.74, 6) is 1.25. The van der Waals surface area contributed by atoms with E-state index in [0.29, 0.717) is 0 Å². The fourth-order valence-corrected chi connectivity index (χ4v) is 0.0830. The van der Waals surface area contributed by atoms with Gasteiger partial charge in [-0.3, -0.25) is 0 Å². The summed E-state index contributed by atoms with van der Waals surface area (Å²) in [6, 6.07) is 0. The summed E-state index contributed by atoms with van der Waals surface area (Å²) in [4.78, 5) is 9.18. The van der Waals surface area contributed by atoms with E-state index in [1.807, 2.05) is 6.08 Å². The lowest BCUT2D eigenvalue weighted by molar-refractivity contribution is -0.399. The molecular formula is C4H4O2. The van der Waals surface area contributed by atoms with Gasteiger partial charge in [-0.2, -0.15) is 4.79 Å². The molecule has 0 aliphatic carbocycles. The summed E-state index contributed by atoms with van der Waals surface area (Å²) in [6.07, 6.45) is 0.822. The Balaban J connectivity index is 3.29. The van der Waals surface area contributed by atoms with Gasteiger partial charge in [-0.15, -0.1) is 0 Å². The predicted octanol–water partition coefficient (Wildman–Crippen LogP) is -1.07. The number of hydrogen-bond donors (Lipinski definition) is 0. The molecular weight excluding hydrogens is 80.0 g/mol. The third-order valence-electron chi connectivity index (χ3n) is 0.262. The topological polar surface area (TPSA) is 40.1 Å². The molecule has 0 saturated carbocycles. The van der Waals surface area contributed by atoms with Crippen molar-refractivity contribution in [3.63, 3.8) is 0 Å². The van der Waals surface area contributed by atoms with Crippen LogP contribution in [0.2, 0.25) is 0 Å². The monoisotopic (exact) mass is 84.0 g/mol. The quantitative estimate of drug-likeness (QED) is 0.299. The van der Waals surface area contributed by atoms with Crippen LogP contribution in [0.25, 0.3) is 0 Å². The van der Waals surface area contributed by atoms with E-state index in [1.54, 1.807) is 0 Å². The van der Waals surface area contributed by atoms with Crippen LogP contribution in [0.5, 0.6) is 0 Å². The van der Waals surface area contributed by atoms with E-state index in [9.17, 15) is 9.90 Å². The first kappa shape index (κ1) is 5.32. The summed E-state index contributed by atoms with van der Waals surface area (Å²) < 4.78 is 0. The molecule has 6 heavy (non-hydrogen) atoms. The third kappa shape index (κ3) is 3.32. The molecule has 0 amide bonds. The Labute approximate surface area is 36.1 Å². The van der Waals surface area contributed by atoms with Crippen molar-refractivity contribution in [2.24, 2.45) is 0 Å². The molecule has 0 saturated heterocycles. The van der Waals surface area contributed by atoms with E-state index < -0.39 is 6.10 Å². The Morgan fingerprint density at radius 2 is 2.50 bits per heavy atom. The molecule has 0 aliphatic rings. The summed E-state index contributed by atoms with van der Waals surface area (Å²) in [7, 11) is 0. The van der Waals surface area contributed by atoms with Crippen molar-refractivity contribution in [3.05, 3.63) is 6.08 Å². The van der Waals surface area contributed by atoms with Gasteiger partial charge in [-0.25, -0.2) is 0 Å². The Hall–Kier alpha value is -0.680. The summed E-state index contributed by atoms with van der Waals surface area (Å²) in [6.45, 7) is 1.32. The Kier molecular flexibility index (Phi) is 2.26. The smallest absolute Gasteiger partial charge is 0.412 e. The molecule has 0 N–H and O–H groups in total. The summed E-state index contributed by atoms with van der Waals surface area (Å²) >= 11 is 0. The second-order valence-corrected chi connectivity index (χ2v) is 0.889. The van der Waals surface area contributed by atoms with Crippen LogP contribution in [0.4, 0.5) is 0 Å². The third-order valence-corrected chi connectivity index (χ3v) is 0.262. The van der Waals surface area contributed by atoms with Gasteiger partial charge in [-0.1, -0.05) is 0 Å². The Morgan fingerprint density at radius 3 is 2.50 bits per heavy atom. The molecule has 0 aliphatic heterocycles. The van der Waals surface area contributed by atoms with Gasteiger partial charge in [0.15, 0.2) is 0 Å². The minimum absolute atomic E-state index is 1.03. The average Bonchev–Trinajstić information content (AvgIpc) is 1.35. The molecule has 0 fully saturated rings. The molecule has 0 spiro atoms. The second kappa shape index (κ2) is 2.55. The van der Waals surface area contributed by atoms with Gasteiger partial charge in [0.25, 0.3) is 0 Å². The lowest BCUT2D eigenvalue weighted by Crippen LogP contribution is -2.17. The maximum absolute atomic E-state index is 9.75. The van der Waals surface area contributed by atoms with E-state index in [-0.39, 0.29) is 0 Å². The highest BCUT2D eigenvalue weighted by Gasteiger charge is 1.88. The van der Waals surface area contributed by atoms with Crippen molar-refractivity contribution in [2.45, 2.75) is 13.0 Å². The van der Waals surface area contributed by atoms with Crippen LogP contribution in [-0.2, 0) is 4.79 Å². The molecule has 2 heteroatoms. The predicted molar refractivity (Wildman–Crippen MR) is 18.4 cm³/mol. The SMILES string of the molecule is CC([O-])[C+]=C=O. The van der Waals surface area contributed by atoms with E-state index >= 15 is 0 Å². The molecule has 0 aromatic carbocycles. The van der Waals surface area contributed by atoms with Crippen molar-refractivity contribution < 1.29 is 9.90 Å². The minimum Gasteiger partial charge on any atom is -0.807 e. The fourth-order valence-electron chi connectivity index (χ4n) is 0.0830. The van der Waals surface area contributed by atoms with Crippen LogP contribution in [0.3, 0.4) is 0 Å². The van der Waals surface area contributed by atoms with Gasteiger partial charge >= 0.3 is 12.0 Å². The standard InChI is InChI=1S/C4H4O2/c1-4(6)2-3-5/h4H,1H3. The van der Waals surface area contributed by atoms with Crippen LogP contribution < -0.4 is 5.11 Å². The first-order valence-corrected chi connectivity index (χ1v) is 1.56. The van der Waals surface area contributed by atoms with Gasteiger partial charge in [0.1, 0.15) is 6.10 Å². The molecule has 2 nitrogen and oxygen atoms in total. The molecule has 0 rings (SSSR count). The van der Waals surface area contributed by atoms with Gasteiger partial charge in [0, 0.05) is 0 Å². The molecule has 0 radical (unpaired) electrons. The van der Waals surface area contributed by atoms with Crippen LogP contribution in [0.1, 0.15) is 6.92 Å². The summed E-state index contributed by atoms with van der Waals surface area (Å²) in [5.41, 5.74) is 0. The Bertz CT molecular complexity index is 69.6. The van der Waals surface area contributed by atoms with Crippen molar-refractivity contribution >= 4 is 5.94 Å². The maximum atomic E-state index is 9.75. The normalized spacial score (nSPS) is 11.7. The zero-order chi connectivity index (χ0) is 4.99. The van der Waals surface area contributed by atoms with Gasteiger partial charge in [0.05, 0.1) is 0 Å². The number of carbonyl (C=O) groups excluding carboxylic acids is 1. The van der Waals surface area contributed by atoms with Crippen LogP contribution in [0, 0.1) is 6.08 Å². The second-order valence-electron chi connectivity index (χ2n) is 0.889. The number of rotatable bonds is 1. The van der Waals surface area contributed by atoms with Crippen molar-refractivity contribution in [1.82, 2.24) is 0 Å². The Morgan fingerprint density at radius 1 is 2.00 bits per heavy atom. The zero-order valence-electron chi connectivity index (χ0n) is 3.39. The van der Waals surface area contributed by atoms with Crippen molar-refractivity contribution in [2.75, 3.05) is 0 Å². The molecule has 1 atom stereocenters. The van der Waals surface area contributed by atoms with E-state index in [4.69, 9.17) is 0 Å². The first-order valence-electron chi connectivity index (χ1n) is 1.56. The lowest BCUT2D eigenvalue weighted by atomic mass is 10.4. The fraction of sp³-hybridized carbons (Fsp3) is 0.500. The van der Waals surface area contributed by atoms with Crippen LogP contribution in [0.15, 0.2) is 0 Å². The van der Waals surface area contributed by atoms with E-state index in [2.05, 4.69) is 0 Å². The highest BCUT2D eigenvalue weighted by Crippen LogP contribution is 1.63. The zero-order valence-corrected chi connectivity index (χ0v) is 3.39. The van der Waals surface area contributed by atoms with E-state index in [0.717, 1.165) is 0 Å². The lowest BCUT2D eigenvalue weighted by Gasteiger charge is -1.87. The maximum Gasteiger partial charge on any atom is 0.412 e. The highest BCUT2D eigenvalue weighted by atomic mass is 16.3. The molecule has 1 unspecified atom stereocenters. The van der Waals surface area contributed by atoms with E-state index in [1.165, 1.54) is 12.9 Å². The highest BCUT2D eigenvalue weighted by molar-refractivity contribution is 5.41. The molecule has 0 bridgehead atoms. The van der Waals surface area contributed by atoms with Crippen LogP contribution >= 0.6 is 0 Å². The van der Waals surface area contributed by atoms with Crippen molar-refractivity contribution in [3.8, 4) is 0 Å². The molecule has 32 valence electrons. The average molecular weight is 84.1 g/mol. The largest absolute Gasteiger partial charge is 0.807 e. The molecule has 0 aromatic rings.